The van der Waals surface area contributed by atoms with Crippen molar-refractivity contribution in [2.45, 2.75) is 0 Å². The summed E-state index contributed by atoms with van der Waals surface area (Å²) in [7, 11) is 0.168. The largest absolute Gasteiger partial charge is 0.382 e. The van der Waals surface area contributed by atoms with Crippen LogP contribution in [0.1, 0.15) is 2.74 Å². The maximum atomic E-state index is 11.1. The maximum Gasteiger partial charge on any atom is 0.230 e. The van der Waals surface area contributed by atoms with E-state index in [-0.39, 0.29) is 36.6 Å². The van der Waals surface area contributed by atoms with E-state index >= 15 is 0 Å². The molecule has 0 aliphatic carbocycles. The zero-order valence-electron chi connectivity index (χ0n) is 9.95. The van der Waals surface area contributed by atoms with Gasteiger partial charge in [0.05, 0.1) is 21.7 Å². The van der Waals surface area contributed by atoms with E-state index in [0.29, 0.717) is 0 Å². The molecule has 0 spiro atoms. The molecule has 82 valence electrons. The molecule has 1 unspecified atom stereocenters. The van der Waals surface area contributed by atoms with Gasteiger partial charge in [0.2, 0.25) is 11.0 Å². The zero-order valence-corrected chi connectivity index (χ0v) is 8.76. The molecule has 1 amide bonds. The molecule has 0 radical (unpaired) electrons. The summed E-state index contributed by atoms with van der Waals surface area (Å²) < 4.78 is 22.9. The van der Waals surface area contributed by atoms with E-state index in [0.717, 1.165) is 11.8 Å². The molecule has 0 saturated heterocycles. The van der Waals surface area contributed by atoms with E-state index < -0.39 is 7.06 Å². The molecule has 0 bridgehead atoms. The summed E-state index contributed by atoms with van der Waals surface area (Å²) in [4.78, 5) is 21.9. The first-order chi connectivity index (χ1) is 7.56. The van der Waals surface area contributed by atoms with Crippen molar-refractivity contribution in [1.82, 2.24) is 5.32 Å². The molecule has 0 rings (SSSR count). The fraction of sp³-hybridized carbons (Fsp3) is 0.750. The van der Waals surface area contributed by atoms with E-state index in [1.165, 1.54) is 7.05 Å². The lowest BCUT2D eigenvalue weighted by Crippen LogP contribution is -2.21. The van der Waals surface area contributed by atoms with Gasteiger partial charge < -0.3 is 14.8 Å². The summed E-state index contributed by atoms with van der Waals surface area (Å²) >= 11 is 0.883. The highest BCUT2D eigenvalue weighted by Gasteiger charge is 2.05. The van der Waals surface area contributed by atoms with Gasteiger partial charge >= 0.3 is 0 Å². The highest BCUT2D eigenvalue weighted by Crippen LogP contribution is 2.01. The Hall–Kier alpha value is -0.590. The van der Waals surface area contributed by atoms with Crippen molar-refractivity contribution in [2.75, 3.05) is 39.7 Å². The van der Waals surface area contributed by atoms with Crippen molar-refractivity contribution in [3.8, 4) is 0 Å². The summed E-state index contributed by atoms with van der Waals surface area (Å²) in [6.07, 6.45) is 0. The lowest BCUT2D eigenvalue weighted by atomic mass is 10.7. The molecular formula is C8H15NO4S. The standard InChI is InChI=1S/C8H15NO4S/c1-9-7(10)6-14-8(11)5-13-4-3-12-2/h3-6H2,1-2H3,(H,9,10)/i2TD. The minimum Gasteiger partial charge on any atom is -0.382 e. The number of hydrogen-bond donors (Lipinski definition) is 1. The van der Waals surface area contributed by atoms with E-state index in [1.807, 2.05) is 0 Å². The third kappa shape index (κ3) is 8.03. The molecule has 14 heavy (non-hydrogen) atoms. The third-order valence-corrected chi connectivity index (χ3v) is 2.05. The SMILES string of the molecule is [2H]C([3H])OCCOCC(=O)SCC(=O)NC. The number of methoxy groups -OCH3 is 1. The minimum atomic E-state index is -1.33. The Bertz CT molecular complexity index is 228. The second kappa shape index (κ2) is 8.98. The normalized spacial score (nSPS) is 14.1. The van der Waals surface area contributed by atoms with Crippen molar-refractivity contribution in [1.29, 1.82) is 0 Å². The summed E-state index contributed by atoms with van der Waals surface area (Å²) in [5.41, 5.74) is 0. The highest BCUT2D eigenvalue weighted by atomic mass is 32.2. The minimum absolute atomic E-state index is 0.0801. The summed E-state index contributed by atoms with van der Waals surface area (Å²) in [5.74, 6) is -0.135. The van der Waals surface area contributed by atoms with Crippen LogP contribution in [0, 0.1) is 0 Å². The average Bonchev–Trinajstić information content (AvgIpc) is 2.24. The van der Waals surface area contributed by atoms with E-state index in [2.05, 4.69) is 10.1 Å². The Morgan fingerprint density at radius 2 is 2.43 bits per heavy atom. The second-order valence-corrected chi connectivity index (χ2v) is 3.29. The first kappa shape index (κ1) is 9.95. The Morgan fingerprint density at radius 1 is 1.64 bits per heavy atom. The van der Waals surface area contributed by atoms with Crippen LogP contribution in [0.3, 0.4) is 0 Å². The Balaban J connectivity index is 3.34. The Labute approximate surface area is 90.3 Å². The van der Waals surface area contributed by atoms with E-state index in [4.69, 9.17) is 7.48 Å². The lowest BCUT2D eigenvalue weighted by molar-refractivity contribution is -0.119. The molecule has 0 aliphatic rings. The number of hydrogen-bond acceptors (Lipinski definition) is 5. The van der Waals surface area contributed by atoms with Crippen LogP contribution in [-0.2, 0) is 19.1 Å². The highest BCUT2D eigenvalue weighted by molar-refractivity contribution is 8.14. The first-order valence-corrected chi connectivity index (χ1v) is 4.95. The van der Waals surface area contributed by atoms with Crippen LogP contribution in [0.5, 0.6) is 0 Å². The van der Waals surface area contributed by atoms with Gasteiger partial charge in [-0.3, -0.25) is 9.59 Å². The van der Waals surface area contributed by atoms with Gasteiger partial charge in [-0.1, -0.05) is 11.8 Å². The lowest BCUT2D eigenvalue weighted by Gasteiger charge is -2.02. The van der Waals surface area contributed by atoms with Gasteiger partial charge in [0, 0.05) is 14.1 Å². The number of ether oxygens (including phenoxy) is 2. The van der Waals surface area contributed by atoms with Crippen LogP contribution in [0.25, 0.3) is 0 Å². The van der Waals surface area contributed by atoms with Crippen LogP contribution in [0.2, 0.25) is 0 Å². The Morgan fingerprint density at radius 3 is 3.07 bits per heavy atom. The van der Waals surface area contributed by atoms with Gasteiger partial charge in [-0.25, -0.2) is 0 Å². The predicted octanol–water partition coefficient (Wildman–Crippen LogP) is -0.345. The van der Waals surface area contributed by atoms with Gasteiger partial charge in [0.15, 0.2) is 0 Å². The smallest absolute Gasteiger partial charge is 0.230 e. The van der Waals surface area contributed by atoms with Crippen molar-refractivity contribution in [3.05, 3.63) is 0 Å². The molecular weight excluding hydrogens is 206 g/mol. The molecule has 5 nitrogen and oxygen atoms in total. The van der Waals surface area contributed by atoms with Gasteiger partial charge in [-0.05, 0) is 0 Å². The molecule has 0 heterocycles. The summed E-state index contributed by atoms with van der Waals surface area (Å²) in [6.45, 7) is 0.150. The van der Waals surface area contributed by atoms with E-state index in [1.54, 1.807) is 0 Å². The second-order valence-electron chi connectivity index (χ2n) is 2.26. The molecule has 0 aromatic carbocycles. The number of thioether (sulfide) groups is 1. The van der Waals surface area contributed by atoms with Crippen molar-refractivity contribution in [2.24, 2.45) is 0 Å². The third-order valence-electron chi connectivity index (χ3n) is 1.21. The van der Waals surface area contributed by atoms with Crippen LogP contribution in [0.4, 0.5) is 0 Å². The molecule has 1 N–H and O–H groups in total. The van der Waals surface area contributed by atoms with Gasteiger partial charge in [-0.2, -0.15) is 0 Å². The van der Waals surface area contributed by atoms with Crippen LogP contribution < -0.4 is 5.32 Å². The quantitative estimate of drug-likeness (QED) is 0.599. The fourth-order valence-corrected chi connectivity index (χ4v) is 1.13. The van der Waals surface area contributed by atoms with Gasteiger partial charge in [0.1, 0.15) is 6.61 Å². The fourth-order valence-electron chi connectivity index (χ4n) is 0.522. The summed E-state index contributed by atoms with van der Waals surface area (Å²) in [5, 5.41) is 2.16. The number of amides is 1. The van der Waals surface area contributed by atoms with Crippen LogP contribution in [0.15, 0.2) is 0 Å². The van der Waals surface area contributed by atoms with Crippen molar-refractivity contribution in [3.63, 3.8) is 0 Å². The molecule has 0 aliphatic heterocycles. The molecule has 0 aromatic rings. The zero-order chi connectivity index (χ0) is 12.4. The van der Waals surface area contributed by atoms with Crippen LogP contribution >= 0.6 is 11.8 Å². The molecule has 0 saturated carbocycles. The number of rotatable bonds is 7. The molecule has 6 heteroatoms. The summed E-state index contributed by atoms with van der Waals surface area (Å²) in [6, 6.07) is 0. The number of carbonyl (C=O) groups excluding carboxylic acids is 2. The number of nitrogens with one attached hydrogen (secondary N) is 1. The maximum absolute atomic E-state index is 11.1. The predicted molar refractivity (Wildman–Crippen MR) is 54.2 cm³/mol. The monoisotopic (exact) mass is 224 g/mol. The van der Waals surface area contributed by atoms with Crippen molar-refractivity contribution >= 4 is 22.8 Å². The molecule has 0 aromatic heterocycles. The Kier molecular flexibility index (Phi) is 6.38. The van der Waals surface area contributed by atoms with E-state index in [9.17, 15) is 9.59 Å². The van der Waals surface area contributed by atoms with Crippen molar-refractivity contribution < 1.29 is 21.8 Å². The van der Waals surface area contributed by atoms with Gasteiger partial charge in [-0.15, -0.1) is 0 Å². The number of carbonyl (C=O) groups is 2. The van der Waals surface area contributed by atoms with Gasteiger partial charge in [0.25, 0.3) is 0 Å². The molecule has 1 atom stereocenters. The average molecular weight is 224 g/mol. The topological polar surface area (TPSA) is 64.6 Å². The van der Waals surface area contributed by atoms with Crippen LogP contribution in [-0.4, -0.2) is 50.7 Å². The molecule has 0 fully saturated rings. The first-order valence-electron chi connectivity index (χ1n) is 5.11.